The molecule has 1 amide bonds. The Labute approximate surface area is 127 Å². The lowest BCUT2D eigenvalue weighted by Gasteiger charge is -2.22. The summed E-state index contributed by atoms with van der Waals surface area (Å²) in [7, 11) is 0. The SMILES string of the molecule is CCN1CCCC1CNC(=O)OCCc1cccc(C)c1. The Balaban J connectivity index is 1.63. The highest BCUT2D eigenvalue weighted by Gasteiger charge is 2.23. The maximum atomic E-state index is 11.7. The van der Waals surface area contributed by atoms with Gasteiger partial charge in [-0.1, -0.05) is 36.8 Å². The standard InChI is InChI=1S/C17H26N2O2/c1-3-19-10-5-8-16(19)13-18-17(20)21-11-9-15-7-4-6-14(2)12-15/h4,6-7,12,16H,3,5,8-11,13H2,1-2H3,(H,18,20). The van der Waals surface area contributed by atoms with Gasteiger partial charge < -0.3 is 10.1 Å². The van der Waals surface area contributed by atoms with Gasteiger partial charge in [0.15, 0.2) is 0 Å². The van der Waals surface area contributed by atoms with Crippen molar-refractivity contribution in [2.24, 2.45) is 0 Å². The van der Waals surface area contributed by atoms with Crippen LogP contribution in [-0.4, -0.2) is 43.3 Å². The second kappa shape index (κ2) is 8.03. The number of hydrogen-bond acceptors (Lipinski definition) is 3. The molecule has 0 spiro atoms. The lowest BCUT2D eigenvalue weighted by Crippen LogP contribution is -2.40. The lowest BCUT2D eigenvalue weighted by atomic mass is 10.1. The zero-order chi connectivity index (χ0) is 15.1. The molecule has 0 aromatic heterocycles. The predicted molar refractivity (Wildman–Crippen MR) is 84.5 cm³/mol. The summed E-state index contributed by atoms with van der Waals surface area (Å²) in [6, 6.07) is 8.76. The molecule has 2 rings (SSSR count). The van der Waals surface area contributed by atoms with Crippen molar-refractivity contribution in [3.63, 3.8) is 0 Å². The average Bonchev–Trinajstić information content (AvgIpc) is 2.92. The number of benzene rings is 1. The predicted octanol–water partition coefficient (Wildman–Crippen LogP) is 2.75. The van der Waals surface area contributed by atoms with Crippen molar-refractivity contribution in [2.45, 2.75) is 39.2 Å². The fourth-order valence-electron chi connectivity index (χ4n) is 2.92. The van der Waals surface area contributed by atoms with E-state index in [1.807, 2.05) is 6.07 Å². The fourth-order valence-corrected chi connectivity index (χ4v) is 2.92. The van der Waals surface area contributed by atoms with Gasteiger partial charge in [-0.3, -0.25) is 4.90 Å². The van der Waals surface area contributed by atoms with Crippen LogP contribution in [0.1, 0.15) is 30.9 Å². The molecule has 4 nitrogen and oxygen atoms in total. The van der Waals surface area contributed by atoms with Crippen molar-refractivity contribution < 1.29 is 9.53 Å². The van der Waals surface area contributed by atoms with Crippen LogP contribution in [0.25, 0.3) is 0 Å². The third-order valence-electron chi connectivity index (χ3n) is 4.09. The number of aryl methyl sites for hydroxylation is 1. The van der Waals surface area contributed by atoms with Crippen LogP contribution in [0.2, 0.25) is 0 Å². The molecule has 4 heteroatoms. The van der Waals surface area contributed by atoms with Crippen LogP contribution in [0.15, 0.2) is 24.3 Å². The molecule has 0 radical (unpaired) electrons. The largest absolute Gasteiger partial charge is 0.449 e. The summed E-state index contributed by atoms with van der Waals surface area (Å²) in [5.74, 6) is 0. The average molecular weight is 290 g/mol. The Hall–Kier alpha value is -1.55. The van der Waals surface area contributed by atoms with Crippen LogP contribution >= 0.6 is 0 Å². The van der Waals surface area contributed by atoms with E-state index >= 15 is 0 Å². The molecule has 1 fully saturated rings. The second-order valence-electron chi connectivity index (χ2n) is 5.68. The minimum absolute atomic E-state index is 0.300. The number of nitrogens with zero attached hydrogens (tertiary/aromatic N) is 1. The van der Waals surface area contributed by atoms with E-state index in [2.05, 4.69) is 42.3 Å². The second-order valence-corrected chi connectivity index (χ2v) is 5.68. The number of hydrogen-bond donors (Lipinski definition) is 1. The van der Waals surface area contributed by atoms with Gasteiger partial charge in [0.1, 0.15) is 0 Å². The molecule has 0 bridgehead atoms. The monoisotopic (exact) mass is 290 g/mol. The highest BCUT2D eigenvalue weighted by Crippen LogP contribution is 2.15. The number of ether oxygens (including phenoxy) is 1. The maximum Gasteiger partial charge on any atom is 0.407 e. The summed E-state index contributed by atoms with van der Waals surface area (Å²) in [6.45, 7) is 7.55. The molecule has 0 saturated carbocycles. The molecule has 1 aromatic rings. The molecule has 116 valence electrons. The maximum absolute atomic E-state index is 11.7. The minimum Gasteiger partial charge on any atom is -0.449 e. The number of likely N-dealkylation sites (tertiary alicyclic amines) is 1. The fraction of sp³-hybridized carbons (Fsp3) is 0.588. The number of carbonyl (C=O) groups excluding carboxylic acids is 1. The van der Waals surface area contributed by atoms with Crippen molar-refractivity contribution >= 4 is 6.09 Å². The van der Waals surface area contributed by atoms with Crippen LogP contribution in [0, 0.1) is 6.92 Å². The zero-order valence-electron chi connectivity index (χ0n) is 13.1. The van der Waals surface area contributed by atoms with Crippen molar-refractivity contribution in [1.82, 2.24) is 10.2 Å². The number of amides is 1. The normalized spacial score (nSPS) is 18.7. The van der Waals surface area contributed by atoms with Crippen LogP contribution in [0.4, 0.5) is 4.79 Å². The summed E-state index contributed by atoms with van der Waals surface area (Å²) >= 11 is 0. The van der Waals surface area contributed by atoms with Crippen LogP contribution in [0.5, 0.6) is 0 Å². The van der Waals surface area contributed by atoms with Gasteiger partial charge >= 0.3 is 6.09 Å². The topological polar surface area (TPSA) is 41.6 Å². The van der Waals surface area contributed by atoms with Crippen molar-refractivity contribution in [1.29, 1.82) is 0 Å². The number of alkyl carbamates (subject to hydrolysis) is 1. The molecule has 0 aliphatic carbocycles. The third-order valence-corrected chi connectivity index (χ3v) is 4.09. The molecular weight excluding hydrogens is 264 g/mol. The first-order chi connectivity index (χ1) is 10.2. The molecule has 1 aliphatic heterocycles. The first-order valence-electron chi connectivity index (χ1n) is 7.89. The highest BCUT2D eigenvalue weighted by atomic mass is 16.5. The molecule has 1 N–H and O–H groups in total. The number of nitrogens with one attached hydrogen (secondary N) is 1. The summed E-state index contributed by atoms with van der Waals surface area (Å²) in [4.78, 5) is 14.1. The highest BCUT2D eigenvalue weighted by molar-refractivity contribution is 5.67. The van der Waals surface area contributed by atoms with Crippen molar-refractivity contribution in [3.05, 3.63) is 35.4 Å². The van der Waals surface area contributed by atoms with Gasteiger partial charge in [0.05, 0.1) is 6.61 Å². The van der Waals surface area contributed by atoms with E-state index in [4.69, 9.17) is 4.74 Å². The van der Waals surface area contributed by atoms with Crippen LogP contribution < -0.4 is 5.32 Å². The van der Waals surface area contributed by atoms with Crippen molar-refractivity contribution in [2.75, 3.05) is 26.2 Å². The van der Waals surface area contributed by atoms with Crippen LogP contribution in [-0.2, 0) is 11.2 Å². The Bertz CT molecular complexity index is 462. The van der Waals surface area contributed by atoms with E-state index in [0.717, 1.165) is 25.9 Å². The van der Waals surface area contributed by atoms with Gasteiger partial charge in [-0.2, -0.15) is 0 Å². The molecule has 1 atom stereocenters. The molecule has 21 heavy (non-hydrogen) atoms. The minimum atomic E-state index is -0.300. The Kier molecular flexibility index (Phi) is 6.05. The zero-order valence-corrected chi connectivity index (χ0v) is 13.1. The molecule has 1 saturated heterocycles. The Morgan fingerprint density at radius 1 is 1.48 bits per heavy atom. The van der Waals surface area contributed by atoms with Gasteiger partial charge in [0.2, 0.25) is 0 Å². The Morgan fingerprint density at radius 2 is 2.33 bits per heavy atom. The molecule has 1 heterocycles. The van der Waals surface area contributed by atoms with Gasteiger partial charge in [0, 0.05) is 19.0 Å². The van der Waals surface area contributed by atoms with E-state index in [1.165, 1.54) is 17.5 Å². The smallest absolute Gasteiger partial charge is 0.407 e. The molecular formula is C17H26N2O2. The summed E-state index contributed by atoms with van der Waals surface area (Å²) < 4.78 is 5.25. The third kappa shape index (κ3) is 5.05. The number of carbonyl (C=O) groups is 1. The first kappa shape index (κ1) is 15.8. The first-order valence-corrected chi connectivity index (χ1v) is 7.89. The molecule has 1 aliphatic rings. The van der Waals surface area contributed by atoms with E-state index in [0.29, 0.717) is 19.2 Å². The van der Waals surface area contributed by atoms with Crippen molar-refractivity contribution in [3.8, 4) is 0 Å². The summed E-state index contributed by atoms with van der Waals surface area (Å²) in [6.07, 6.45) is 2.85. The lowest BCUT2D eigenvalue weighted by molar-refractivity contribution is 0.143. The molecule has 1 unspecified atom stereocenters. The number of rotatable bonds is 6. The van der Waals surface area contributed by atoms with Gasteiger partial charge in [-0.25, -0.2) is 4.79 Å². The summed E-state index contributed by atoms with van der Waals surface area (Å²) in [5.41, 5.74) is 2.44. The van der Waals surface area contributed by atoms with Gasteiger partial charge in [0.25, 0.3) is 0 Å². The Morgan fingerprint density at radius 3 is 3.10 bits per heavy atom. The van der Waals surface area contributed by atoms with Gasteiger partial charge in [-0.15, -0.1) is 0 Å². The van der Waals surface area contributed by atoms with E-state index in [-0.39, 0.29) is 6.09 Å². The number of likely N-dealkylation sites (N-methyl/N-ethyl adjacent to an activating group) is 1. The quantitative estimate of drug-likeness (QED) is 0.876. The van der Waals surface area contributed by atoms with E-state index in [9.17, 15) is 4.79 Å². The van der Waals surface area contributed by atoms with Crippen LogP contribution in [0.3, 0.4) is 0 Å². The van der Waals surface area contributed by atoms with E-state index < -0.39 is 0 Å². The summed E-state index contributed by atoms with van der Waals surface area (Å²) in [5, 5.41) is 2.88. The van der Waals surface area contributed by atoms with E-state index in [1.54, 1.807) is 0 Å². The van der Waals surface area contributed by atoms with Gasteiger partial charge in [-0.05, 0) is 38.4 Å². The molecule has 1 aromatic carbocycles.